The number of hydrazine groups is 1. The van der Waals surface area contributed by atoms with E-state index >= 15 is 0 Å². The molecule has 0 saturated heterocycles. The quantitative estimate of drug-likeness (QED) is 0.425. The zero-order valence-corrected chi connectivity index (χ0v) is 9.33. The number of rotatable bonds is 4. The van der Waals surface area contributed by atoms with E-state index in [-0.39, 0.29) is 11.5 Å². The van der Waals surface area contributed by atoms with Gasteiger partial charge in [-0.05, 0) is 32.6 Å². The summed E-state index contributed by atoms with van der Waals surface area (Å²) in [5.41, 5.74) is 0.0415. The van der Waals surface area contributed by atoms with Crippen LogP contribution in [0.1, 0.15) is 46.0 Å². The van der Waals surface area contributed by atoms with Crippen LogP contribution in [0.15, 0.2) is 0 Å². The zero-order valence-electron chi connectivity index (χ0n) is 9.33. The van der Waals surface area contributed by atoms with Crippen molar-refractivity contribution in [2.75, 3.05) is 6.54 Å². The maximum Gasteiger partial charge on any atom is 0.123 e. The lowest BCUT2D eigenvalue weighted by Gasteiger charge is -2.43. The van der Waals surface area contributed by atoms with E-state index in [9.17, 15) is 4.79 Å². The maximum atomic E-state index is 10.8. The molecule has 82 valence electrons. The van der Waals surface area contributed by atoms with Gasteiger partial charge in [0.15, 0.2) is 0 Å². The van der Waals surface area contributed by atoms with Crippen LogP contribution in [0.2, 0.25) is 0 Å². The van der Waals surface area contributed by atoms with E-state index in [0.717, 1.165) is 44.9 Å². The highest BCUT2D eigenvalue weighted by atomic mass is 16.1. The predicted molar refractivity (Wildman–Crippen MR) is 57.6 cm³/mol. The van der Waals surface area contributed by atoms with Gasteiger partial charge < -0.3 is 4.79 Å². The Labute approximate surface area is 86.6 Å². The summed E-state index contributed by atoms with van der Waals surface area (Å²) in [5, 5.41) is 1.93. The van der Waals surface area contributed by atoms with Crippen molar-refractivity contribution in [3.05, 3.63) is 0 Å². The van der Waals surface area contributed by atoms with Crippen LogP contribution in [0.5, 0.6) is 0 Å². The standard InChI is InChI=1S/C11H22N2O/c1-3-7-13(12)11(2)6-4-5-10(8-11)9-14/h9-10H,3-8,12H2,1-2H3. The molecule has 1 aliphatic carbocycles. The monoisotopic (exact) mass is 198 g/mol. The summed E-state index contributed by atoms with van der Waals surface area (Å²) in [7, 11) is 0. The van der Waals surface area contributed by atoms with Gasteiger partial charge in [0.1, 0.15) is 6.29 Å². The highest BCUT2D eigenvalue weighted by Crippen LogP contribution is 2.34. The van der Waals surface area contributed by atoms with E-state index in [1.807, 2.05) is 5.01 Å². The lowest BCUT2D eigenvalue weighted by Crippen LogP contribution is -2.53. The molecule has 2 N–H and O–H groups in total. The second kappa shape index (κ2) is 4.89. The number of carbonyl (C=O) groups excluding carboxylic acids is 1. The fraction of sp³-hybridized carbons (Fsp3) is 0.909. The van der Waals surface area contributed by atoms with Crippen LogP contribution in [0, 0.1) is 5.92 Å². The number of hydrogen-bond donors (Lipinski definition) is 1. The molecule has 0 bridgehead atoms. The van der Waals surface area contributed by atoms with Crippen molar-refractivity contribution >= 4 is 6.29 Å². The molecule has 14 heavy (non-hydrogen) atoms. The Morgan fingerprint density at radius 2 is 2.36 bits per heavy atom. The summed E-state index contributed by atoms with van der Waals surface area (Å²) < 4.78 is 0. The SMILES string of the molecule is CCCN(N)C1(C)CCCC(C=O)C1. The van der Waals surface area contributed by atoms with Gasteiger partial charge in [-0.25, -0.2) is 5.01 Å². The van der Waals surface area contributed by atoms with E-state index in [2.05, 4.69) is 13.8 Å². The van der Waals surface area contributed by atoms with E-state index in [1.54, 1.807) is 0 Å². The number of aldehydes is 1. The Morgan fingerprint density at radius 1 is 1.64 bits per heavy atom. The van der Waals surface area contributed by atoms with Crippen LogP contribution >= 0.6 is 0 Å². The normalized spacial score (nSPS) is 33.3. The second-order valence-electron chi connectivity index (χ2n) is 4.68. The first-order chi connectivity index (χ1) is 6.62. The minimum atomic E-state index is 0.0415. The van der Waals surface area contributed by atoms with Gasteiger partial charge in [-0.3, -0.25) is 5.84 Å². The van der Waals surface area contributed by atoms with Gasteiger partial charge in [0.25, 0.3) is 0 Å². The predicted octanol–water partition coefficient (Wildman–Crippen LogP) is 1.72. The van der Waals surface area contributed by atoms with Gasteiger partial charge in [0.2, 0.25) is 0 Å². The minimum absolute atomic E-state index is 0.0415. The van der Waals surface area contributed by atoms with Crippen molar-refractivity contribution in [3.8, 4) is 0 Å². The molecule has 0 spiro atoms. The van der Waals surface area contributed by atoms with Crippen LogP contribution in [0.4, 0.5) is 0 Å². The van der Waals surface area contributed by atoms with E-state index in [1.165, 1.54) is 0 Å². The zero-order chi connectivity index (χ0) is 10.6. The van der Waals surface area contributed by atoms with Gasteiger partial charge >= 0.3 is 0 Å². The Balaban J connectivity index is 2.57. The Hall–Kier alpha value is -0.410. The number of hydrogen-bond acceptors (Lipinski definition) is 3. The van der Waals surface area contributed by atoms with Crippen molar-refractivity contribution < 1.29 is 4.79 Å². The van der Waals surface area contributed by atoms with Gasteiger partial charge in [-0.15, -0.1) is 0 Å². The van der Waals surface area contributed by atoms with Crippen LogP contribution in [-0.4, -0.2) is 23.4 Å². The summed E-state index contributed by atoms with van der Waals surface area (Å²) >= 11 is 0. The molecule has 0 radical (unpaired) electrons. The largest absolute Gasteiger partial charge is 0.303 e. The van der Waals surface area contributed by atoms with Crippen LogP contribution in [-0.2, 0) is 4.79 Å². The highest BCUT2D eigenvalue weighted by Gasteiger charge is 2.35. The smallest absolute Gasteiger partial charge is 0.123 e. The molecule has 0 amide bonds. The van der Waals surface area contributed by atoms with Crippen molar-refractivity contribution in [2.45, 2.75) is 51.5 Å². The summed E-state index contributed by atoms with van der Waals surface area (Å²) in [6, 6.07) is 0. The molecule has 0 heterocycles. The Bertz CT molecular complexity index is 196. The molecule has 1 rings (SSSR count). The minimum Gasteiger partial charge on any atom is -0.303 e. The molecular formula is C11H22N2O. The molecular weight excluding hydrogens is 176 g/mol. The first kappa shape index (κ1) is 11.7. The van der Waals surface area contributed by atoms with Crippen molar-refractivity contribution in [3.63, 3.8) is 0 Å². The maximum absolute atomic E-state index is 10.8. The summed E-state index contributed by atoms with van der Waals surface area (Å²) in [4.78, 5) is 10.8. The van der Waals surface area contributed by atoms with Crippen molar-refractivity contribution in [1.82, 2.24) is 5.01 Å². The van der Waals surface area contributed by atoms with Crippen LogP contribution in [0.25, 0.3) is 0 Å². The molecule has 0 aromatic carbocycles. The summed E-state index contributed by atoms with van der Waals surface area (Å²) in [6.07, 6.45) is 6.37. The fourth-order valence-electron chi connectivity index (χ4n) is 2.40. The number of nitrogens with two attached hydrogens (primary N) is 1. The van der Waals surface area contributed by atoms with Crippen molar-refractivity contribution in [2.24, 2.45) is 11.8 Å². The van der Waals surface area contributed by atoms with Gasteiger partial charge in [-0.2, -0.15) is 0 Å². The van der Waals surface area contributed by atoms with Crippen LogP contribution < -0.4 is 5.84 Å². The number of carbonyl (C=O) groups is 1. The van der Waals surface area contributed by atoms with E-state index < -0.39 is 0 Å². The first-order valence-electron chi connectivity index (χ1n) is 5.60. The van der Waals surface area contributed by atoms with Gasteiger partial charge in [0.05, 0.1) is 0 Å². The Morgan fingerprint density at radius 3 is 2.93 bits per heavy atom. The topological polar surface area (TPSA) is 46.3 Å². The molecule has 0 aromatic rings. The molecule has 3 nitrogen and oxygen atoms in total. The Kier molecular flexibility index (Phi) is 4.08. The molecule has 1 fully saturated rings. The molecule has 1 saturated carbocycles. The van der Waals surface area contributed by atoms with Crippen LogP contribution in [0.3, 0.4) is 0 Å². The molecule has 2 atom stereocenters. The lowest BCUT2D eigenvalue weighted by atomic mass is 9.77. The molecule has 0 aromatic heterocycles. The molecule has 0 aliphatic heterocycles. The third-order valence-electron chi connectivity index (χ3n) is 3.34. The van der Waals surface area contributed by atoms with Crippen molar-refractivity contribution in [1.29, 1.82) is 0 Å². The molecule has 1 aliphatic rings. The molecule has 3 heteroatoms. The van der Waals surface area contributed by atoms with Gasteiger partial charge in [0, 0.05) is 18.0 Å². The van der Waals surface area contributed by atoms with E-state index in [0.29, 0.717) is 0 Å². The third kappa shape index (κ3) is 2.55. The second-order valence-corrected chi connectivity index (χ2v) is 4.68. The first-order valence-corrected chi connectivity index (χ1v) is 5.60. The molecule has 2 unspecified atom stereocenters. The fourth-order valence-corrected chi connectivity index (χ4v) is 2.40. The summed E-state index contributed by atoms with van der Waals surface area (Å²) in [6.45, 7) is 5.23. The summed E-state index contributed by atoms with van der Waals surface area (Å²) in [5.74, 6) is 6.25. The average molecular weight is 198 g/mol. The van der Waals surface area contributed by atoms with Gasteiger partial charge in [-0.1, -0.05) is 13.3 Å². The average Bonchev–Trinajstić information content (AvgIpc) is 2.18. The van der Waals surface area contributed by atoms with E-state index in [4.69, 9.17) is 5.84 Å². The highest BCUT2D eigenvalue weighted by molar-refractivity contribution is 5.53. The third-order valence-corrected chi connectivity index (χ3v) is 3.34. The number of nitrogens with zero attached hydrogens (tertiary/aromatic N) is 1. The lowest BCUT2D eigenvalue weighted by molar-refractivity contribution is -0.113.